The number of amides is 2. The largest absolute Gasteiger partial charge is 0.364 e. The van der Waals surface area contributed by atoms with Crippen LogP contribution >= 0.6 is 0 Å². The number of hydrogen-bond acceptors (Lipinski definition) is 4. The Morgan fingerprint density at radius 1 is 1.12 bits per heavy atom. The summed E-state index contributed by atoms with van der Waals surface area (Å²) in [6.45, 7) is 4.59. The molecule has 1 saturated heterocycles. The average molecular weight is 340 g/mol. The SMILES string of the molecule is O=C(NCc1ccc2c(c1)CCC2)N1CCN(Cc2ccon2)CC1. The smallest absolute Gasteiger partial charge is 0.317 e. The Balaban J connectivity index is 1.24. The summed E-state index contributed by atoms with van der Waals surface area (Å²) in [4.78, 5) is 16.6. The molecule has 1 fully saturated rings. The summed E-state index contributed by atoms with van der Waals surface area (Å²) in [6, 6.07) is 8.52. The van der Waals surface area contributed by atoms with Crippen molar-refractivity contribution in [1.29, 1.82) is 0 Å². The highest BCUT2D eigenvalue weighted by molar-refractivity contribution is 5.74. The first-order valence-electron chi connectivity index (χ1n) is 9.03. The van der Waals surface area contributed by atoms with Gasteiger partial charge in [0, 0.05) is 45.3 Å². The number of aromatic nitrogens is 1. The molecule has 6 heteroatoms. The van der Waals surface area contributed by atoms with E-state index in [-0.39, 0.29) is 6.03 Å². The van der Waals surface area contributed by atoms with E-state index in [1.165, 1.54) is 36.0 Å². The zero-order valence-corrected chi connectivity index (χ0v) is 14.4. The van der Waals surface area contributed by atoms with E-state index in [9.17, 15) is 4.79 Å². The van der Waals surface area contributed by atoms with Crippen molar-refractivity contribution in [1.82, 2.24) is 20.3 Å². The van der Waals surface area contributed by atoms with Gasteiger partial charge in [-0.2, -0.15) is 0 Å². The molecule has 2 amide bonds. The van der Waals surface area contributed by atoms with Gasteiger partial charge < -0.3 is 14.7 Å². The monoisotopic (exact) mass is 340 g/mol. The maximum atomic E-state index is 12.4. The molecule has 132 valence electrons. The summed E-state index contributed by atoms with van der Waals surface area (Å²) in [7, 11) is 0. The van der Waals surface area contributed by atoms with Gasteiger partial charge in [-0.25, -0.2) is 4.79 Å². The molecule has 0 bridgehead atoms. The van der Waals surface area contributed by atoms with Gasteiger partial charge in [0.05, 0.1) is 5.69 Å². The Kier molecular flexibility index (Phi) is 4.70. The molecule has 25 heavy (non-hydrogen) atoms. The lowest BCUT2D eigenvalue weighted by molar-refractivity contribution is 0.133. The first kappa shape index (κ1) is 16.1. The van der Waals surface area contributed by atoms with E-state index in [0.717, 1.165) is 38.4 Å². The maximum absolute atomic E-state index is 12.4. The van der Waals surface area contributed by atoms with Crippen molar-refractivity contribution in [2.24, 2.45) is 0 Å². The third-order valence-electron chi connectivity index (χ3n) is 5.14. The van der Waals surface area contributed by atoms with Crippen molar-refractivity contribution in [3.05, 3.63) is 52.9 Å². The van der Waals surface area contributed by atoms with Crippen molar-refractivity contribution >= 4 is 6.03 Å². The Morgan fingerprint density at radius 3 is 2.76 bits per heavy atom. The minimum atomic E-state index is 0.0292. The second-order valence-electron chi connectivity index (χ2n) is 6.87. The lowest BCUT2D eigenvalue weighted by Gasteiger charge is -2.34. The second-order valence-corrected chi connectivity index (χ2v) is 6.87. The van der Waals surface area contributed by atoms with E-state index < -0.39 is 0 Å². The number of urea groups is 1. The summed E-state index contributed by atoms with van der Waals surface area (Å²) < 4.78 is 4.87. The van der Waals surface area contributed by atoms with Crippen LogP contribution in [-0.2, 0) is 25.9 Å². The van der Waals surface area contributed by atoms with E-state index in [1.54, 1.807) is 6.26 Å². The first-order chi connectivity index (χ1) is 12.3. The van der Waals surface area contributed by atoms with Gasteiger partial charge in [-0.15, -0.1) is 0 Å². The molecule has 1 aliphatic carbocycles. The Morgan fingerprint density at radius 2 is 1.96 bits per heavy atom. The van der Waals surface area contributed by atoms with Crippen LogP contribution in [0.2, 0.25) is 0 Å². The second kappa shape index (κ2) is 7.27. The predicted molar refractivity (Wildman–Crippen MR) is 94.1 cm³/mol. The number of carbonyl (C=O) groups excluding carboxylic acids is 1. The number of benzene rings is 1. The number of aryl methyl sites for hydroxylation is 2. The number of fused-ring (bicyclic) bond motifs is 1. The van der Waals surface area contributed by atoms with Gasteiger partial charge >= 0.3 is 6.03 Å². The number of nitrogens with one attached hydrogen (secondary N) is 1. The van der Waals surface area contributed by atoms with Gasteiger partial charge in [-0.05, 0) is 36.0 Å². The normalized spacial score (nSPS) is 17.5. The molecule has 2 aliphatic rings. The fourth-order valence-corrected chi connectivity index (χ4v) is 3.68. The quantitative estimate of drug-likeness (QED) is 0.927. The Hall–Kier alpha value is -2.34. The molecule has 2 heterocycles. The summed E-state index contributed by atoms with van der Waals surface area (Å²) in [5, 5.41) is 7.00. The number of hydrogen-bond donors (Lipinski definition) is 1. The van der Waals surface area contributed by atoms with Crippen molar-refractivity contribution in [2.75, 3.05) is 26.2 Å². The minimum Gasteiger partial charge on any atom is -0.364 e. The molecule has 2 aromatic rings. The summed E-state index contributed by atoms with van der Waals surface area (Å²) in [6.07, 6.45) is 5.22. The number of nitrogens with zero attached hydrogens (tertiary/aromatic N) is 3. The van der Waals surface area contributed by atoms with Crippen LogP contribution in [0.25, 0.3) is 0 Å². The van der Waals surface area contributed by atoms with E-state index in [0.29, 0.717) is 6.54 Å². The van der Waals surface area contributed by atoms with E-state index in [1.807, 2.05) is 11.0 Å². The fourth-order valence-electron chi connectivity index (χ4n) is 3.68. The lowest BCUT2D eigenvalue weighted by Crippen LogP contribution is -2.51. The van der Waals surface area contributed by atoms with Crippen LogP contribution in [0.15, 0.2) is 35.1 Å². The van der Waals surface area contributed by atoms with Crippen molar-refractivity contribution < 1.29 is 9.32 Å². The lowest BCUT2D eigenvalue weighted by atomic mass is 10.1. The highest BCUT2D eigenvalue weighted by atomic mass is 16.5. The summed E-state index contributed by atoms with van der Waals surface area (Å²) in [5.74, 6) is 0. The van der Waals surface area contributed by atoms with Crippen LogP contribution in [-0.4, -0.2) is 47.2 Å². The zero-order valence-electron chi connectivity index (χ0n) is 14.4. The molecule has 1 N–H and O–H groups in total. The van der Waals surface area contributed by atoms with Gasteiger partial charge in [0.1, 0.15) is 6.26 Å². The predicted octanol–water partition coefficient (Wildman–Crippen LogP) is 2.19. The molecule has 1 aliphatic heterocycles. The van der Waals surface area contributed by atoms with Crippen molar-refractivity contribution in [3.63, 3.8) is 0 Å². The third kappa shape index (κ3) is 3.85. The van der Waals surface area contributed by atoms with E-state index in [2.05, 4.69) is 33.6 Å². The highest BCUT2D eigenvalue weighted by Crippen LogP contribution is 2.22. The van der Waals surface area contributed by atoms with Crippen LogP contribution in [0, 0.1) is 0 Å². The third-order valence-corrected chi connectivity index (χ3v) is 5.14. The summed E-state index contributed by atoms with van der Waals surface area (Å²) >= 11 is 0. The average Bonchev–Trinajstić information content (AvgIpc) is 3.31. The van der Waals surface area contributed by atoms with Gasteiger partial charge in [0.15, 0.2) is 0 Å². The molecule has 1 aromatic carbocycles. The molecule has 0 radical (unpaired) electrons. The van der Waals surface area contributed by atoms with Gasteiger partial charge in [-0.1, -0.05) is 23.4 Å². The zero-order chi connectivity index (χ0) is 17.1. The van der Waals surface area contributed by atoms with Crippen LogP contribution in [0.4, 0.5) is 4.79 Å². The topological polar surface area (TPSA) is 61.6 Å². The Labute approximate surface area is 147 Å². The number of carbonyl (C=O) groups is 1. The van der Waals surface area contributed by atoms with Crippen molar-refractivity contribution in [3.8, 4) is 0 Å². The molecule has 6 nitrogen and oxygen atoms in total. The molecular formula is C19H24N4O2. The molecule has 1 aromatic heterocycles. The van der Waals surface area contributed by atoms with Crippen LogP contribution in [0.3, 0.4) is 0 Å². The molecule has 0 spiro atoms. The maximum Gasteiger partial charge on any atom is 0.317 e. The van der Waals surface area contributed by atoms with E-state index >= 15 is 0 Å². The Bertz CT molecular complexity index is 721. The molecule has 0 saturated carbocycles. The van der Waals surface area contributed by atoms with E-state index in [4.69, 9.17) is 4.52 Å². The van der Waals surface area contributed by atoms with Gasteiger partial charge in [0.2, 0.25) is 0 Å². The first-order valence-corrected chi connectivity index (χ1v) is 9.03. The molecule has 4 rings (SSSR count). The minimum absolute atomic E-state index is 0.0292. The molecular weight excluding hydrogens is 316 g/mol. The van der Waals surface area contributed by atoms with Crippen LogP contribution in [0.1, 0.15) is 28.8 Å². The van der Waals surface area contributed by atoms with Crippen molar-refractivity contribution in [2.45, 2.75) is 32.4 Å². The molecule has 0 atom stereocenters. The van der Waals surface area contributed by atoms with Crippen LogP contribution < -0.4 is 5.32 Å². The number of rotatable bonds is 4. The highest BCUT2D eigenvalue weighted by Gasteiger charge is 2.21. The summed E-state index contributed by atoms with van der Waals surface area (Å²) in [5.41, 5.74) is 5.06. The number of piperazine rings is 1. The fraction of sp³-hybridized carbons (Fsp3) is 0.474. The molecule has 0 unspecified atom stereocenters. The van der Waals surface area contributed by atoms with Gasteiger partial charge in [-0.3, -0.25) is 4.90 Å². The standard InChI is InChI=1S/C19H24N4O2/c24-19(20-13-15-4-5-16-2-1-3-17(16)12-15)23-9-7-22(8-10-23)14-18-6-11-25-21-18/h4-6,11-12H,1-3,7-10,13-14H2,(H,20,24). The van der Waals surface area contributed by atoms with Gasteiger partial charge in [0.25, 0.3) is 0 Å². The van der Waals surface area contributed by atoms with Crippen LogP contribution in [0.5, 0.6) is 0 Å².